The maximum atomic E-state index is 13.0. The molecule has 5 rings (SSSR count). The molecule has 0 spiro atoms. The Bertz CT molecular complexity index is 1020. The molecule has 2 heterocycles. The highest BCUT2D eigenvalue weighted by atomic mass is 16.2. The predicted molar refractivity (Wildman–Crippen MR) is 121 cm³/mol. The van der Waals surface area contributed by atoms with Crippen LogP contribution in [0.15, 0.2) is 54.6 Å². The molecule has 0 radical (unpaired) electrons. The largest absolute Gasteiger partial charge is 0.371 e. The van der Waals surface area contributed by atoms with Crippen LogP contribution < -0.4 is 15.5 Å². The zero-order valence-corrected chi connectivity index (χ0v) is 18.0. The molecular formula is C25H28N4O3. The summed E-state index contributed by atoms with van der Waals surface area (Å²) in [6, 6.07) is 17.0. The van der Waals surface area contributed by atoms with Crippen LogP contribution >= 0.6 is 0 Å². The van der Waals surface area contributed by atoms with E-state index in [0.29, 0.717) is 18.0 Å². The van der Waals surface area contributed by atoms with Gasteiger partial charge in [-0.2, -0.15) is 0 Å². The predicted octanol–water partition coefficient (Wildman–Crippen LogP) is 2.10. The summed E-state index contributed by atoms with van der Waals surface area (Å²) >= 11 is 0. The standard InChI is InChI=1S/C25H28N4O3/c30-22(26-14-17-12-13-28(16-17)18-6-2-1-3-7-18)15-27-24(31)23-20-8-4-5-9-21(20)25(32)29(23)19-10-11-19/h1-9,17,19,23H,10-16H2,(H,26,30)(H,27,31)/t17-,23+/m0/s1. The summed E-state index contributed by atoms with van der Waals surface area (Å²) in [6.07, 6.45) is 2.87. The van der Waals surface area contributed by atoms with Gasteiger partial charge in [-0.05, 0) is 48.9 Å². The fourth-order valence-electron chi connectivity index (χ4n) is 4.79. The molecule has 2 atom stereocenters. The van der Waals surface area contributed by atoms with Crippen LogP contribution in [-0.2, 0) is 9.59 Å². The van der Waals surface area contributed by atoms with Crippen LogP contribution in [-0.4, -0.2) is 54.8 Å². The van der Waals surface area contributed by atoms with Crippen molar-refractivity contribution in [1.29, 1.82) is 0 Å². The lowest BCUT2D eigenvalue weighted by Crippen LogP contribution is -2.44. The molecule has 7 heteroatoms. The van der Waals surface area contributed by atoms with Gasteiger partial charge < -0.3 is 20.4 Å². The quantitative estimate of drug-likeness (QED) is 0.702. The second-order valence-corrected chi connectivity index (χ2v) is 8.89. The third-order valence-electron chi connectivity index (χ3n) is 6.61. The lowest BCUT2D eigenvalue weighted by atomic mass is 10.0. The van der Waals surface area contributed by atoms with E-state index in [0.717, 1.165) is 37.9 Å². The SMILES string of the molecule is O=C(CNC(=O)[C@H]1c2ccccc2C(=O)N1C1CC1)NC[C@@H]1CCN(c2ccccc2)C1. The van der Waals surface area contributed by atoms with Gasteiger partial charge in [0.05, 0.1) is 6.54 Å². The number of benzene rings is 2. The fraction of sp³-hybridized carbons (Fsp3) is 0.400. The molecule has 3 aliphatic rings. The van der Waals surface area contributed by atoms with Crippen molar-refractivity contribution in [3.8, 4) is 0 Å². The summed E-state index contributed by atoms with van der Waals surface area (Å²) in [6.45, 7) is 2.40. The number of hydrogen-bond donors (Lipinski definition) is 2. The van der Waals surface area contributed by atoms with Crippen LogP contribution in [0, 0.1) is 5.92 Å². The fourth-order valence-corrected chi connectivity index (χ4v) is 4.79. The number of rotatable bonds is 7. The minimum atomic E-state index is -0.645. The second-order valence-electron chi connectivity index (χ2n) is 8.89. The van der Waals surface area contributed by atoms with Crippen LogP contribution in [0.3, 0.4) is 0 Å². The highest BCUT2D eigenvalue weighted by Crippen LogP contribution is 2.41. The lowest BCUT2D eigenvalue weighted by molar-refractivity contribution is -0.129. The molecule has 1 saturated heterocycles. The Balaban J connectivity index is 1.12. The van der Waals surface area contributed by atoms with Crippen molar-refractivity contribution in [2.75, 3.05) is 31.1 Å². The van der Waals surface area contributed by atoms with Crippen molar-refractivity contribution in [2.24, 2.45) is 5.92 Å². The normalized spacial score (nSPS) is 22.1. The van der Waals surface area contributed by atoms with Crippen LogP contribution in [0.4, 0.5) is 5.69 Å². The Morgan fingerprint density at radius 2 is 1.69 bits per heavy atom. The van der Waals surface area contributed by atoms with E-state index in [-0.39, 0.29) is 30.3 Å². The molecule has 7 nitrogen and oxygen atoms in total. The summed E-state index contributed by atoms with van der Waals surface area (Å²) in [5.41, 5.74) is 2.53. The van der Waals surface area contributed by atoms with Gasteiger partial charge in [0, 0.05) is 36.9 Å². The maximum Gasteiger partial charge on any atom is 0.255 e. The molecule has 2 aromatic carbocycles. The highest BCUT2D eigenvalue weighted by molar-refractivity contribution is 6.05. The molecule has 1 saturated carbocycles. The third kappa shape index (κ3) is 4.07. The van der Waals surface area contributed by atoms with Crippen LogP contribution in [0.2, 0.25) is 0 Å². The molecule has 1 aliphatic carbocycles. The molecule has 2 aromatic rings. The van der Waals surface area contributed by atoms with Gasteiger partial charge in [0.15, 0.2) is 0 Å². The molecule has 0 unspecified atom stereocenters. The summed E-state index contributed by atoms with van der Waals surface area (Å²) in [7, 11) is 0. The number of nitrogens with zero attached hydrogens (tertiary/aromatic N) is 2. The number of carbonyl (C=O) groups is 3. The molecule has 0 aromatic heterocycles. The van der Waals surface area contributed by atoms with Gasteiger partial charge >= 0.3 is 0 Å². The van der Waals surface area contributed by atoms with Crippen LogP contribution in [0.5, 0.6) is 0 Å². The van der Waals surface area contributed by atoms with Gasteiger partial charge in [-0.3, -0.25) is 14.4 Å². The monoisotopic (exact) mass is 432 g/mol. The van der Waals surface area contributed by atoms with E-state index in [9.17, 15) is 14.4 Å². The van der Waals surface area contributed by atoms with Crippen LogP contribution in [0.25, 0.3) is 0 Å². The number of anilines is 1. The number of nitrogens with one attached hydrogen (secondary N) is 2. The molecule has 3 amide bonds. The molecule has 166 valence electrons. The Morgan fingerprint density at radius 3 is 2.47 bits per heavy atom. The molecule has 32 heavy (non-hydrogen) atoms. The molecule has 0 bridgehead atoms. The van der Waals surface area contributed by atoms with E-state index >= 15 is 0 Å². The summed E-state index contributed by atoms with van der Waals surface area (Å²) in [4.78, 5) is 42.2. The molecule has 2 N–H and O–H groups in total. The van der Waals surface area contributed by atoms with Gasteiger partial charge in [0.2, 0.25) is 11.8 Å². The highest BCUT2D eigenvalue weighted by Gasteiger charge is 2.47. The lowest BCUT2D eigenvalue weighted by Gasteiger charge is -2.24. The first-order valence-electron chi connectivity index (χ1n) is 11.4. The summed E-state index contributed by atoms with van der Waals surface area (Å²) in [5, 5.41) is 5.71. The second kappa shape index (κ2) is 8.65. The summed E-state index contributed by atoms with van der Waals surface area (Å²) in [5.74, 6) is -0.190. The van der Waals surface area contributed by atoms with Crippen molar-refractivity contribution in [3.63, 3.8) is 0 Å². The van der Waals surface area contributed by atoms with Crippen molar-refractivity contribution < 1.29 is 14.4 Å². The Hall–Kier alpha value is -3.35. The van der Waals surface area contributed by atoms with Gasteiger partial charge in [-0.15, -0.1) is 0 Å². The average molecular weight is 433 g/mol. The molecular weight excluding hydrogens is 404 g/mol. The Labute approximate surface area is 187 Å². The number of fused-ring (bicyclic) bond motifs is 1. The van der Waals surface area contributed by atoms with Gasteiger partial charge in [-0.25, -0.2) is 0 Å². The first-order valence-corrected chi connectivity index (χ1v) is 11.4. The third-order valence-corrected chi connectivity index (χ3v) is 6.61. The number of carbonyl (C=O) groups excluding carboxylic acids is 3. The number of para-hydroxylation sites is 1. The summed E-state index contributed by atoms with van der Waals surface area (Å²) < 4.78 is 0. The number of hydrogen-bond acceptors (Lipinski definition) is 4. The van der Waals surface area contributed by atoms with E-state index < -0.39 is 6.04 Å². The average Bonchev–Trinajstić information content (AvgIpc) is 3.47. The molecule has 2 fully saturated rings. The first kappa shape index (κ1) is 20.5. The maximum absolute atomic E-state index is 13.0. The van der Waals surface area contributed by atoms with Crippen LogP contribution in [0.1, 0.15) is 41.2 Å². The smallest absolute Gasteiger partial charge is 0.255 e. The number of amides is 3. The molecule has 2 aliphatic heterocycles. The van der Waals surface area contributed by atoms with Gasteiger partial charge in [0.25, 0.3) is 5.91 Å². The Kier molecular flexibility index (Phi) is 5.55. The zero-order chi connectivity index (χ0) is 22.1. The Morgan fingerprint density at radius 1 is 0.938 bits per heavy atom. The van der Waals surface area contributed by atoms with Crippen molar-refractivity contribution in [3.05, 3.63) is 65.7 Å². The van der Waals surface area contributed by atoms with E-state index in [1.807, 2.05) is 36.4 Å². The topological polar surface area (TPSA) is 81.8 Å². The van der Waals surface area contributed by atoms with Crippen molar-refractivity contribution in [1.82, 2.24) is 15.5 Å². The van der Waals surface area contributed by atoms with Crippen molar-refractivity contribution >= 4 is 23.4 Å². The minimum Gasteiger partial charge on any atom is -0.371 e. The van der Waals surface area contributed by atoms with E-state index in [2.05, 4.69) is 27.7 Å². The van der Waals surface area contributed by atoms with Crippen molar-refractivity contribution in [2.45, 2.75) is 31.3 Å². The zero-order valence-electron chi connectivity index (χ0n) is 18.0. The van der Waals surface area contributed by atoms with Gasteiger partial charge in [0.1, 0.15) is 6.04 Å². The van der Waals surface area contributed by atoms with Gasteiger partial charge in [-0.1, -0.05) is 36.4 Å². The van der Waals surface area contributed by atoms with E-state index in [1.54, 1.807) is 11.0 Å². The first-order chi connectivity index (χ1) is 15.6. The van der Waals surface area contributed by atoms with E-state index in [4.69, 9.17) is 0 Å². The van der Waals surface area contributed by atoms with E-state index in [1.165, 1.54) is 5.69 Å². The minimum absolute atomic E-state index is 0.0840.